The van der Waals surface area contributed by atoms with Crippen LogP contribution in [-0.4, -0.2) is 70.7 Å². The summed E-state index contributed by atoms with van der Waals surface area (Å²) in [5.74, 6) is 1.57. The number of piperidine rings is 1. The number of carbonyl (C=O) groups is 1. The molecule has 2 saturated heterocycles. The minimum Gasteiger partial charge on any atom is -0.375 e. The molecule has 1 aliphatic carbocycles. The molecular formula is C25H32N8O2. The summed E-state index contributed by atoms with van der Waals surface area (Å²) in [5.41, 5.74) is 2.53. The van der Waals surface area contributed by atoms with Crippen molar-refractivity contribution in [2.75, 3.05) is 43.0 Å². The Balaban J connectivity index is 1.35. The zero-order valence-electron chi connectivity index (χ0n) is 20.0. The number of urea groups is 1. The normalized spacial score (nSPS) is 21.3. The molecule has 0 bridgehead atoms. The first-order valence-corrected chi connectivity index (χ1v) is 12.6. The molecule has 10 nitrogen and oxygen atoms in total. The van der Waals surface area contributed by atoms with Gasteiger partial charge < -0.3 is 25.6 Å². The van der Waals surface area contributed by atoms with Gasteiger partial charge in [0, 0.05) is 30.4 Å². The summed E-state index contributed by atoms with van der Waals surface area (Å²) in [6, 6.07) is 8.21. The van der Waals surface area contributed by atoms with Gasteiger partial charge in [-0.15, -0.1) is 0 Å². The second-order valence-electron chi connectivity index (χ2n) is 9.76. The summed E-state index contributed by atoms with van der Waals surface area (Å²) in [6.45, 7) is 6.31. The van der Waals surface area contributed by atoms with Gasteiger partial charge in [-0.2, -0.15) is 5.10 Å². The lowest BCUT2D eigenvalue weighted by Crippen LogP contribution is -2.41. The molecule has 1 unspecified atom stereocenters. The van der Waals surface area contributed by atoms with Crippen molar-refractivity contribution in [3.8, 4) is 11.4 Å². The first-order chi connectivity index (χ1) is 17.1. The molecular weight excluding hydrogens is 444 g/mol. The van der Waals surface area contributed by atoms with Crippen LogP contribution < -0.4 is 20.9 Å². The Labute approximate surface area is 204 Å². The Morgan fingerprint density at radius 1 is 1.11 bits per heavy atom. The van der Waals surface area contributed by atoms with E-state index in [1.54, 1.807) is 0 Å². The second kappa shape index (κ2) is 9.43. The first kappa shape index (κ1) is 22.2. The van der Waals surface area contributed by atoms with E-state index in [4.69, 9.17) is 19.8 Å². The van der Waals surface area contributed by atoms with E-state index >= 15 is 0 Å². The number of benzene rings is 1. The van der Waals surface area contributed by atoms with Crippen LogP contribution in [0.15, 0.2) is 30.5 Å². The predicted octanol–water partition coefficient (Wildman–Crippen LogP) is 2.93. The summed E-state index contributed by atoms with van der Waals surface area (Å²) in [4.78, 5) is 24.4. The largest absolute Gasteiger partial charge is 0.375 e. The minimum absolute atomic E-state index is 0.142. The maximum Gasteiger partial charge on any atom is 0.319 e. The van der Waals surface area contributed by atoms with Crippen LogP contribution in [0.3, 0.4) is 0 Å². The number of amides is 2. The van der Waals surface area contributed by atoms with Crippen molar-refractivity contribution in [3.05, 3.63) is 30.5 Å². The van der Waals surface area contributed by atoms with E-state index < -0.39 is 0 Å². The molecule has 3 aromatic rings. The Morgan fingerprint density at radius 3 is 2.66 bits per heavy atom. The first-order valence-electron chi connectivity index (χ1n) is 12.6. The minimum atomic E-state index is -0.160. The number of carbonyl (C=O) groups excluding carboxylic acids is 1. The summed E-state index contributed by atoms with van der Waals surface area (Å²) >= 11 is 0. The third-order valence-electron chi connectivity index (χ3n) is 6.94. The van der Waals surface area contributed by atoms with Crippen LogP contribution in [0, 0.1) is 0 Å². The van der Waals surface area contributed by atoms with Crippen molar-refractivity contribution in [2.24, 2.45) is 0 Å². The molecule has 1 saturated carbocycles. The van der Waals surface area contributed by atoms with Crippen molar-refractivity contribution in [1.82, 2.24) is 30.4 Å². The molecule has 35 heavy (non-hydrogen) atoms. The highest BCUT2D eigenvalue weighted by molar-refractivity contribution is 5.91. The second-order valence-corrected chi connectivity index (χ2v) is 9.76. The van der Waals surface area contributed by atoms with E-state index in [1.165, 1.54) is 0 Å². The predicted molar refractivity (Wildman–Crippen MR) is 135 cm³/mol. The fraction of sp³-hybridized carbons (Fsp3) is 0.520. The Morgan fingerprint density at radius 2 is 1.91 bits per heavy atom. The smallest absolute Gasteiger partial charge is 0.319 e. The number of rotatable bonds is 5. The number of morpholine rings is 1. The topological polar surface area (TPSA) is 109 Å². The van der Waals surface area contributed by atoms with Gasteiger partial charge >= 0.3 is 6.03 Å². The standard InChI is InChI=1S/C25H32N8O2/c1-16-15-32(12-13-35-16)23-21-14-27-33(20-8-10-26-11-9-20)24(21)31-22(30-23)17-2-4-18(5-3-17)28-25(34)29-19-6-7-19/h2-5,14,16,19-20,26H,6-13,15H2,1H3,(H2,28,29,34). The van der Waals surface area contributed by atoms with Crippen LogP contribution in [0.25, 0.3) is 22.4 Å². The molecule has 3 aliphatic rings. The third-order valence-corrected chi connectivity index (χ3v) is 6.94. The van der Waals surface area contributed by atoms with Crippen molar-refractivity contribution in [3.63, 3.8) is 0 Å². The zero-order valence-corrected chi connectivity index (χ0v) is 20.0. The highest BCUT2D eigenvalue weighted by Crippen LogP contribution is 2.32. The molecule has 2 aromatic heterocycles. The Kier molecular flexibility index (Phi) is 5.99. The van der Waals surface area contributed by atoms with E-state index in [-0.39, 0.29) is 12.1 Å². The lowest BCUT2D eigenvalue weighted by atomic mass is 10.1. The molecule has 4 heterocycles. The fourth-order valence-electron chi connectivity index (χ4n) is 4.89. The Bertz CT molecular complexity index is 1200. The average Bonchev–Trinajstić information content (AvgIpc) is 3.59. The van der Waals surface area contributed by atoms with Crippen LogP contribution in [0.1, 0.15) is 38.6 Å². The summed E-state index contributed by atoms with van der Waals surface area (Å²) in [6.07, 6.45) is 6.24. The van der Waals surface area contributed by atoms with Crippen LogP contribution in [0.4, 0.5) is 16.3 Å². The van der Waals surface area contributed by atoms with Gasteiger partial charge in [0.2, 0.25) is 0 Å². The zero-order chi connectivity index (χ0) is 23.8. The van der Waals surface area contributed by atoms with Gasteiger partial charge in [0.1, 0.15) is 5.82 Å². The summed E-state index contributed by atoms with van der Waals surface area (Å²) in [5, 5.41) is 15.0. The maximum absolute atomic E-state index is 12.1. The molecule has 2 amide bonds. The molecule has 3 N–H and O–H groups in total. The molecule has 0 spiro atoms. The highest BCUT2D eigenvalue weighted by atomic mass is 16.5. The van der Waals surface area contributed by atoms with Gasteiger partial charge in [-0.25, -0.2) is 19.4 Å². The molecule has 0 radical (unpaired) electrons. The van der Waals surface area contributed by atoms with Crippen LogP contribution in [0.2, 0.25) is 0 Å². The number of aromatic nitrogens is 4. The van der Waals surface area contributed by atoms with Crippen LogP contribution in [-0.2, 0) is 4.74 Å². The van der Waals surface area contributed by atoms with Gasteiger partial charge in [0.15, 0.2) is 11.5 Å². The van der Waals surface area contributed by atoms with Crippen molar-refractivity contribution >= 4 is 28.6 Å². The lowest BCUT2D eigenvalue weighted by Gasteiger charge is -2.32. The molecule has 1 aromatic carbocycles. The summed E-state index contributed by atoms with van der Waals surface area (Å²) < 4.78 is 7.87. The molecule has 2 aliphatic heterocycles. The van der Waals surface area contributed by atoms with Crippen LogP contribution >= 0.6 is 0 Å². The Hall–Kier alpha value is -3.24. The van der Waals surface area contributed by atoms with E-state index in [0.717, 1.165) is 80.0 Å². The van der Waals surface area contributed by atoms with Crippen LogP contribution in [0.5, 0.6) is 0 Å². The maximum atomic E-state index is 12.1. The monoisotopic (exact) mass is 476 g/mol. The molecule has 184 valence electrons. The molecule has 1 atom stereocenters. The van der Waals surface area contributed by atoms with E-state index in [2.05, 4.69) is 32.5 Å². The quantitative estimate of drug-likeness (QED) is 0.519. The van der Waals surface area contributed by atoms with Gasteiger partial charge in [-0.3, -0.25) is 0 Å². The van der Waals surface area contributed by atoms with Crippen molar-refractivity contribution in [2.45, 2.75) is 50.8 Å². The number of hydrogen-bond donors (Lipinski definition) is 3. The van der Waals surface area contributed by atoms with Crippen molar-refractivity contribution < 1.29 is 9.53 Å². The SMILES string of the molecule is CC1CN(c2nc(-c3ccc(NC(=O)NC4CC4)cc3)nc3c2cnn3C2CCNCC2)CCO1. The molecule has 3 fully saturated rings. The third kappa shape index (κ3) is 4.81. The van der Waals surface area contributed by atoms with E-state index in [1.807, 2.05) is 30.5 Å². The van der Waals surface area contributed by atoms with Gasteiger partial charge in [0.05, 0.1) is 30.3 Å². The number of ether oxygens (including phenoxy) is 1. The number of fused-ring (bicyclic) bond motifs is 1. The number of anilines is 2. The van der Waals surface area contributed by atoms with E-state index in [9.17, 15) is 4.79 Å². The van der Waals surface area contributed by atoms with E-state index in [0.29, 0.717) is 24.5 Å². The van der Waals surface area contributed by atoms with Gasteiger partial charge in [-0.1, -0.05) is 0 Å². The van der Waals surface area contributed by atoms with Gasteiger partial charge in [0.25, 0.3) is 0 Å². The lowest BCUT2D eigenvalue weighted by molar-refractivity contribution is 0.0530. The number of nitrogens with one attached hydrogen (secondary N) is 3. The summed E-state index contributed by atoms with van der Waals surface area (Å²) in [7, 11) is 0. The molecule has 10 heteroatoms. The average molecular weight is 477 g/mol. The van der Waals surface area contributed by atoms with Crippen molar-refractivity contribution in [1.29, 1.82) is 0 Å². The number of nitrogens with zero attached hydrogens (tertiary/aromatic N) is 5. The highest BCUT2D eigenvalue weighted by Gasteiger charge is 2.26. The molecule has 6 rings (SSSR count). The fourth-order valence-corrected chi connectivity index (χ4v) is 4.89. The number of hydrogen-bond acceptors (Lipinski definition) is 7. The van der Waals surface area contributed by atoms with Gasteiger partial charge in [-0.05, 0) is 70.0 Å².